The molecule has 1 amide bonds. The summed E-state index contributed by atoms with van der Waals surface area (Å²) in [5.74, 6) is 1.59. The standard InChI is InChI=1S/C17H27N3O2.ClH/c1-18-9-6-14-7-10-20(11-8-14)13-17(21)19-15-4-3-5-16(12-15)22-2;/h3-5,12,14,18H,6-11,13H2,1-2H3,(H,19,21);1H. The van der Waals surface area contributed by atoms with Crippen LogP contribution in [-0.2, 0) is 4.79 Å². The van der Waals surface area contributed by atoms with Gasteiger partial charge in [0, 0.05) is 11.8 Å². The normalized spacial score (nSPS) is 15.7. The number of rotatable bonds is 7. The number of piperidine rings is 1. The summed E-state index contributed by atoms with van der Waals surface area (Å²) < 4.78 is 5.16. The number of amides is 1. The predicted octanol–water partition coefficient (Wildman–Crippen LogP) is 2.38. The fourth-order valence-electron chi connectivity index (χ4n) is 2.89. The van der Waals surface area contributed by atoms with Crippen molar-refractivity contribution in [1.29, 1.82) is 0 Å². The molecule has 1 fully saturated rings. The quantitative estimate of drug-likeness (QED) is 0.799. The van der Waals surface area contributed by atoms with Gasteiger partial charge in [0.25, 0.3) is 0 Å². The number of benzene rings is 1. The van der Waals surface area contributed by atoms with Gasteiger partial charge in [-0.15, -0.1) is 12.4 Å². The van der Waals surface area contributed by atoms with Crippen LogP contribution in [-0.4, -0.2) is 51.1 Å². The molecule has 0 saturated carbocycles. The van der Waals surface area contributed by atoms with Crippen molar-refractivity contribution in [2.24, 2.45) is 5.92 Å². The lowest BCUT2D eigenvalue weighted by Crippen LogP contribution is -2.39. The van der Waals surface area contributed by atoms with E-state index in [1.165, 1.54) is 19.3 Å². The minimum Gasteiger partial charge on any atom is -0.497 e. The first-order chi connectivity index (χ1) is 10.7. The number of nitrogens with zero attached hydrogens (tertiary/aromatic N) is 1. The number of halogens is 1. The van der Waals surface area contributed by atoms with Crippen LogP contribution in [0.25, 0.3) is 0 Å². The van der Waals surface area contributed by atoms with Gasteiger partial charge in [-0.2, -0.15) is 0 Å². The van der Waals surface area contributed by atoms with E-state index in [2.05, 4.69) is 15.5 Å². The lowest BCUT2D eigenvalue weighted by Gasteiger charge is -2.31. The zero-order chi connectivity index (χ0) is 15.8. The molecule has 1 aliphatic rings. The fourth-order valence-corrected chi connectivity index (χ4v) is 2.89. The fraction of sp³-hybridized carbons (Fsp3) is 0.588. The molecule has 1 aromatic carbocycles. The van der Waals surface area contributed by atoms with Crippen molar-refractivity contribution in [3.63, 3.8) is 0 Å². The molecular formula is C17H28ClN3O2. The number of hydrogen-bond acceptors (Lipinski definition) is 4. The van der Waals surface area contributed by atoms with Gasteiger partial charge in [-0.1, -0.05) is 6.07 Å². The number of carbonyl (C=O) groups excluding carboxylic acids is 1. The Bertz CT molecular complexity index is 477. The first kappa shape index (κ1) is 19.7. The van der Waals surface area contributed by atoms with E-state index >= 15 is 0 Å². The van der Waals surface area contributed by atoms with Gasteiger partial charge < -0.3 is 15.4 Å². The third-order valence-corrected chi connectivity index (χ3v) is 4.23. The van der Waals surface area contributed by atoms with Gasteiger partial charge in [-0.25, -0.2) is 0 Å². The average molecular weight is 342 g/mol. The summed E-state index contributed by atoms with van der Waals surface area (Å²) in [7, 11) is 3.62. The minimum atomic E-state index is 0. The van der Waals surface area contributed by atoms with Crippen LogP contribution >= 0.6 is 12.4 Å². The molecule has 5 nitrogen and oxygen atoms in total. The van der Waals surface area contributed by atoms with Crippen molar-refractivity contribution in [1.82, 2.24) is 10.2 Å². The summed E-state index contributed by atoms with van der Waals surface area (Å²) in [5.41, 5.74) is 0.785. The number of nitrogens with one attached hydrogen (secondary N) is 2. The van der Waals surface area contributed by atoms with E-state index in [1.54, 1.807) is 7.11 Å². The first-order valence-corrected chi connectivity index (χ1v) is 8.02. The molecule has 0 aliphatic carbocycles. The average Bonchev–Trinajstić information content (AvgIpc) is 2.54. The van der Waals surface area contributed by atoms with E-state index in [-0.39, 0.29) is 18.3 Å². The van der Waals surface area contributed by atoms with Crippen LogP contribution < -0.4 is 15.4 Å². The molecule has 2 N–H and O–H groups in total. The van der Waals surface area contributed by atoms with E-state index < -0.39 is 0 Å². The number of carbonyl (C=O) groups is 1. The molecule has 1 saturated heterocycles. The maximum Gasteiger partial charge on any atom is 0.238 e. The molecule has 0 atom stereocenters. The van der Waals surface area contributed by atoms with E-state index in [0.717, 1.165) is 37.0 Å². The van der Waals surface area contributed by atoms with Crippen LogP contribution in [0, 0.1) is 5.92 Å². The highest BCUT2D eigenvalue weighted by atomic mass is 35.5. The second-order valence-corrected chi connectivity index (χ2v) is 5.89. The summed E-state index contributed by atoms with van der Waals surface area (Å²) in [6, 6.07) is 7.46. The van der Waals surface area contributed by atoms with Gasteiger partial charge in [0.15, 0.2) is 0 Å². The van der Waals surface area contributed by atoms with E-state index in [1.807, 2.05) is 31.3 Å². The molecule has 0 aromatic heterocycles. The van der Waals surface area contributed by atoms with Crippen LogP contribution in [0.5, 0.6) is 5.75 Å². The third-order valence-electron chi connectivity index (χ3n) is 4.23. The maximum absolute atomic E-state index is 12.1. The first-order valence-electron chi connectivity index (χ1n) is 8.02. The minimum absolute atomic E-state index is 0. The molecule has 1 heterocycles. The van der Waals surface area contributed by atoms with E-state index in [4.69, 9.17) is 4.74 Å². The van der Waals surface area contributed by atoms with E-state index in [0.29, 0.717) is 6.54 Å². The largest absolute Gasteiger partial charge is 0.497 e. The Kier molecular flexibility index (Phi) is 8.99. The van der Waals surface area contributed by atoms with Crippen LogP contribution in [0.2, 0.25) is 0 Å². The molecule has 130 valence electrons. The summed E-state index contributed by atoms with van der Waals surface area (Å²) in [6.07, 6.45) is 3.61. The highest BCUT2D eigenvalue weighted by molar-refractivity contribution is 5.92. The zero-order valence-corrected chi connectivity index (χ0v) is 14.8. The Labute approximate surface area is 145 Å². The second kappa shape index (κ2) is 10.5. The van der Waals surface area contributed by atoms with Crippen molar-refractivity contribution in [3.8, 4) is 5.75 Å². The highest BCUT2D eigenvalue weighted by Gasteiger charge is 2.20. The van der Waals surface area contributed by atoms with Gasteiger partial charge >= 0.3 is 0 Å². The molecular weight excluding hydrogens is 314 g/mol. The number of hydrogen-bond donors (Lipinski definition) is 2. The van der Waals surface area contributed by atoms with Crippen molar-refractivity contribution < 1.29 is 9.53 Å². The lowest BCUT2D eigenvalue weighted by molar-refractivity contribution is -0.117. The Morgan fingerprint density at radius 1 is 1.35 bits per heavy atom. The number of anilines is 1. The van der Waals surface area contributed by atoms with Crippen molar-refractivity contribution in [2.75, 3.05) is 45.7 Å². The van der Waals surface area contributed by atoms with Gasteiger partial charge in [0.2, 0.25) is 5.91 Å². The van der Waals surface area contributed by atoms with Crippen LogP contribution in [0.4, 0.5) is 5.69 Å². The van der Waals surface area contributed by atoms with Gasteiger partial charge in [0.1, 0.15) is 5.75 Å². The monoisotopic (exact) mass is 341 g/mol. The summed E-state index contributed by atoms with van der Waals surface area (Å²) in [6.45, 7) is 3.58. The number of likely N-dealkylation sites (tertiary alicyclic amines) is 1. The smallest absolute Gasteiger partial charge is 0.238 e. The van der Waals surface area contributed by atoms with Crippen molar-refractivity contribution in [2.45, 2.75) is 19.3 Å². The molecule has 1 aromatic rings. The Balaban J connectivity index is 0.00000264. The molecule has 6 heteroatoms. The maximum atomic E-state index is 12.1. The molecule has 0 radical (unpaired) electrons. The summed E-state index contributed by atoms with van der Waals surface area (Å²) >= 11 is 0. The zero-order valence-electron chi connectivity index (χ0n) is 14.0. The van der Waals surface area contributed by atoms with Crippen molar-refractivity contribution >= 4 is 24.0 Å². The summed E-state index contributed by atoms with van der Waals surface area (Å²) in [4.78, 5) is 14.4. The van der Waals surface area contributed by atoms with Gasteiger partial charge in [-0.3, -0.25) is 9.69 Å². The van der Waals surface area contributed by atoms with E-state index in [9.17, 15) is 4.79 Å². The Morgan fingerprint density at radius 2 is 2.09 bits per heavy atom. The number of ether oxygens (including phenoxy) is 1. The molecule has 0 bridgehead atoms. The number of methoxy groups -OCH3 is 1. The Hall–Kier alpha value is -1.30. The topological polar surface area (TPSA) is 53.6 Å². The van der Waals surface area contributed by atoms with Gasteiger partial charge in [-0.05, 0) is 64.0 Å². The van der Waals surface area contributed by atoms with Crippen LogP contribution in [0.3, 0.4) is 0 Å². The van der Waals surface area contributed by atoms with Crippen molar-refractivity contribution in [3.05, 3.63) is 24.3 Å². The summed E-state index contributed by atoms with van der Waals surface area (Å²) in [5, 5.41) is 6.15. The lowest BCUT2D eigenvalue weighted by atomic mass is 9.93. The highest BCUT2D eigenvalue weighted by Crippen LogP contribution is 2.20. The molecule has 23 heavy (non-hydrogen) atoms. The van der Waals surface area contributed by atoms with Crippen LogP contribution in [0.15, 0.2) is 24.3 Å². The second-order valence-electron chi connectivity index (χ2n) is 5.89. The molecule has 2 rings (SSSR count). The molecule has 0 spiro atoms. The third kappa shape index (κ3) is 6.77. The Morgan fingerprint density at radius 3 is 2.74 bits per heavy atom. The van der Waals surface area contributed by atoms with Crippen LogP contribution in [0.1, 0.15) is 19.3 Å². The SMILES string of the molecule is CNCCC1CCN(CC(=O)Nc2cccc(OC)c2)CC1.Cl. The predicted molar refractivity (Wildman–Crippen MR) is 96.6 cm³/mol. The molecule has 1 aliphatic heterocycles. The molecule has 0 unspecified atom stereocenters. The van der Waals surface area contributed by atoms with Gasteiger partial charge in [0.05, 0.1) is 13.7 Å².